The van der Waals surface area contributed by atoms with Gasteiger partial charge in [0.1, 0.15) is 5.15 Å². The molecule has 1 amide bonds. The predicted molar refractivity (Wildman–Crippen MR) is 79.0 cm³/mol. The summed E-state index contributed by atoms with van der Waals surface area (Å²) in [6.07, 6.45) is 5.08. The fourth-order valence-electron chi connectivity index (χ4n) is 2.80. The molecule has 1 aromatic heterocycles. The number of aliphatic hydroxyl groups is 1. The van der Waals surface area contributed by atoms with Gasteiger partial charge < -0.3 is 10.0 Å². The van der Waals surface area contributed by atoms with Crippen molar-refractivity contribution in [1.82, 2.24) is 9.88 Å². The molecule has 1 saturated carbocycles. The van der Waals surface area contributed by atoms with E-state index in [-0.39, 0.29) is 18.6 Å². The minimum Gasteiger partial charge on any atom is -0.395 e. The summed E-state index contributed by atoms with van der Waals surface area (Å²) in [6.45, 7) is 2.35. The molecule has 0 atom stereocenters. The first kappa shape index (κ1) is 15.3. The highest BCUT2D eigenvalue weighted by Crippen LogP contribution is 2.25. The van der Waals surface area contributed by atoms with E-state index in [4.69, 9.17) is 11.6 Å². The second-order valence-electron chi connectivity index (χ2n) is 5.18. The highest BCUT2D eigenvalue weighted by Gasteiger charge is 2.27. The Balaban J connectivity index is 2.24. The summed E-state index contributed by atoms with van der Waals surface area (Å²) in [5.74, 6) is -0.0510. The van der Waals surface area contributed by atoms with E-state index in [2.05, 4.69) is 4.98 Å². The average Bonchev–Trinajstić information content (AvgIpc) is 2.97. The van der Waals surface area contributed by atoms with Gasteiger partial charge in [-0.3, -0.25) is 4.79 Å². The molecule has 0 radical (unpaired) electrons. The molecule has 1 aromatic rings. The smallest absolute Gasteiger partial charge is 0.254 e. The molecule has 1 N–H and O–H groups in total. The quantitative estimate of drug-likeness (QED) is 0.850. The minimum absolute atomic E-state index is 0.0122. The van der Waals surface area contributed by atoms with Crippen LogP contribution in [0.3, 0.4) is 0 Å². The molecular formula is C15H21ClN2O2. The molecular weight excluding hydrogens is 276 g/mol. The van der Waals surface area contributed by atoms with Gasteiger partial charge in [0.05, 0.1) is 6.61 Å². The van der Waals surface area contributed by atoms with Gasteiger partial charge in [-0.15, -0.1) is 0 Å². The van der Waals surface area contributed by atoms with Crippen molar-refractivity contribution in [3.63, 3.8) is 0 Å². The molecule has 0 bridgehead atoms. The third kappa shape index (κ3) is 3.49. The molecule has 0 spiro atoms. The zero-order chi connectivity index (χ0) is 14.5. The highest BCUT2D eigenvalue weighted by molar-refractivity contribution is 6.29. The lowest BCUT2D eigenvalue weighted by atomic mass is 10.1. The number of aliphatic hydroxyl groups excluding tert-OH is 1. The number of pyridine rings is 1. The minimum atomic E-state index is -0.0510. The van der Waals surface area contributed by atoms with E-state index < -0.39 is 0 Å². The summed E-state index contributed by atoms with van der Waals surface area (Å²) < 4.78 is 0. The Labute approximate surface area is 124 Å². The lowest BCUT2D eigenvalue weighted by Crippen LogP contribution is -2.40. The molecule has 0 aromatic carbocycles. The summed E-state index contributed by atoms with van der Waals surface area (Å²) in [5, 5.41) is 9.57. The lowest BCUT2D eigenvalue weighted by Gasteiger charge is -2.28. The number of halogens is 1. The zero-order valence-electron chi connectivity index (χ0n) is 11.8. The number of aromatic nitrogens is 1. The van der Waals surface area contributed by atoms with E-state index in [0.717, 1.165) is 37.8 Å². The molecule has 20 heavy (non-hydrogen) atoms. The highest BCUT2D eigenvalue weighted by atomic mass is 35.5. The van der Waals surface area contributed by atoms with Crippen LogP contribution in [0.2, 0.25) is 5.15 Å². The van der Waals surface area contributed by atoms with Gasteiger partial charge in [0, 0.05) is 23.8 Å². The van der Waals surface area contributed by atoms with E-state index in [9.17, 15) is 9.90 Å². The largest absolute Gasteiger partial charge is 0.395 e. The second-order valence-corrected chi connectivity index (χ2v) is 5.57. The Morgan fingerprint density at radius 2 is 2.15 bits per heavy atom. The monoisotopic (exact) mass is 296 g/mol. The van der Waals surface area contributed by atoms with Gasteiger partial charge in [-0.25, -0.2) is 4.98 Å². The maximum absolute atomic E-state index is 12.7. The van der Waals surface area contributed by atoms with Crippen molar-refractivity contribution in [3.05, 3.63) is 28.5 Å². The van der Waals surface area contributed by atoms with Gasteiger partial charge in [-0.2, -0.15) is 0 Å². The molecule has 2 rings (SSSR count). The third-order valence-electron chi connectivity index (χ3n) is 3.82. The molecule has 5 heteroatoms. The van der Waals surface area contributed by atoms with Gasteiger partial charge in [0.15, 0.2) is 0 Å². The number of carbonyl (C=O) groups is 1. The maximum Gasteiger partial charge on any atom is 0.254 e. The average molecular weight is 297 g/mol. The Hall–Kier alpha value is -1.13. The molecule has 0 aliphatic heterocycles. The lowest BCUT2D eigenvalue weighted by molar-refractivity contribution is 0.0638. The van der Waals surface area contributed by atoms with Crippen LogP contribution in [0.15, 0.2) is 12.1 Å². The molecule has 4 nitrogen and oxygen atoms in total. The van der Waals surface area contributed by atoms with Gasteiger partial charge in [-0.1, -0.05) is 31.4 Å². The molecule has 1 fully saturated rings. The van der Waals surface area contributed by atoms with Crippen LogP contribution in [0.1, 0.15) is 48.7 Å². The van der Waals surface area contributed by atoms with E-state index in [1.54, 1.807) is 17.0 Å². The Kier molecular flexibility index (Phi) is 5.38. The molecule has 0 unspecified atom stereocenters. The number of amides is 1. The van der Waals surface area contributed by atoms with Crippen molar-refractivity contribution in [3.8, 4) is 0 Å². The summed E-state index contributed by atoms with van der Waals surface area (Å²) in [4.78, 5) is 18.6. The summed E-state index contributed by atoms with van der Waals surface area (Å²) in [7, 11) is 0. The van der Waals surface area contributed by atoms with Crippen LogP contribution in [-0.4, -0.2) is 40.1 Å². The number of aryl methyl sites for hydroxylation is 1. The van der Waals surface area contributed by atoms with Crippen LogP contribution >= 0.6 is 11.6 Å². The first-order chi connectivity index (χ1) is 9.65. The number of hydrogen-bond donors (Lipinski definition) is 1. The van der Waals surface area contributed by atoms with Gasteiger partial charge in [0.25, 0.3) is 5.91 Å². The molecule has 1 aliphatic carbocycles. The van der Waals surface area contributed by atoms with Crippen molar-refractivity contribution in [2.45, 2.75) is 45.1 Å². The first-order valence-electron chi connectivity index (χ1n) is 7.24. The van der Waals surface area contributed by atoms with Crippen LogP contribution in [-0.2, 0) is 6.42 Å². The van der Waals surface area contributed by atoms with Crippen LogP contribution in [0.25, 0.3) is 0 Å². The maximum atomic E-state index is 12.7. The van der Waals surface area contributed by atoms with Crippen LogP contribution < -0.4 is 0 Å². The summed E-state index contributed by atoms with van der Waals surface area (Å²) >= 11 is 5.98. The van der Waals surface area contributed by atoms with Crippen LogP contribution in [0.5, 0.6) is 0 Å². The Bertz CT molecular complexity index is 473. The number of rotatable bonds is 5. The number of carbonyl (C=O) groups excluding carboxylic acids is 1. The van der Waals surface area contributed by atoms with E-state index in [1.807, 2.05) is 6.92 Å². The van der Waals surface area contributed by atoms with E-state index in [0.29, 0.717) is 17.3 Å². The standard InChI is InChI=1S/C15H21ClN2O2/c1-2-12-9-11(10-14(16)17-12)15(20)18(7-8-19)13-5-3-4-6-13/h9-10,13,19H,2-8H2,1H3. The number of nitrogens with zero attached hydrogens (tertiary/aromatic N) is 2. The van der Waals surface area contributed by atoms with E-state index in [1.165, 1.54) is 0 Å². The summed E-state index contributed by atoms with van der Waals surface area (Å²) in [6, 6.07) is 3.65. The predicted octanol–water partition coefficient (Wildman–Crippen LogP) is 2.67. The third-order valence-corrected chi connectivity index (χ3v) is 4.02. The normalized spacial score (nSPS) is 15.6. The second kappa shape index (κ2) is 7.04. The van der Waals surface area contributed by atoms with Crippen molar-refractivity contribution >= 4 is 17.5 Å². The summed E-state index contributed by atoms with van der Waals surface area (Å²) in [5.41, 5.74) is 1.39. The Morgan fingerprint density at radius 1 is 1.45 bits per heavy atom. The topological polar surface area (TPSA) is 53.4 Å². The molecule has 1 aliphatic rings. The SMILES string of the molecule is CCc1cc(C(=O)N(CCO)C2CCCC2)cc(Cl)n1. The molecule has 0 saturated heterocycles. The van der Waals surface area contributed by atoms with E-state index >= 15 is 0 Å². The number of hydrogen-bond acceptors (Lipinski definition) is 3. The Morgan fingerprint density at radius 3 is 2.75 bits per heavy atom. The first-order valence-corrected chi connectivity index (χ1v) is 7.61. The van der Waals surface area contributed by atoms with Crippen molar-refractivity contribution < 1.29 is 9.90 Å². The van der Waals surface area contributed by atoms with Crippen molar-refractivity contribution in [1.29, 1.82) is 0 Å². The molecule has 110 valence electrons. The van der Waals surface area contributed by atoms with Gasteiger partial charge in [-0.05, 0) is 31.4 Å². The van der Waals surface area contributed by atoms with Crippen molar-refractivity contribution in [2.24, 2.45) is 0 Å². The fraction of sp³-hybridized carbons (Fsp3) is 0.600. The van der Waals surface area contributed by atoms with Gasteiger partial charge in [0.2, 0.25) is 0 Å². The van der Waals surface area contributed by atoms with Crippen LogP contribution in [0, 0.1) is 0 Å². The van der Waals surface area contributed by atoms with Gasteiger partial charge >= 0.3 is 0 Å². The van der Waals surface area contributed by atoms with Crippen LogP contribution in [0.4, 0.5) is 0 Å². The fourth-order valence-corrected chi connectivity index (χ4v) is 3.02. The molecule has 1 heterocycles. The van der Waals surface area contributed by atoms with Crippen molar-refractivity contribution in [2.75, 3.05) is 13.2 Å². The zero-order valence-corrected chi connectivity index (χ0v) is 12.6.